The lowest BCUT2D eigenvalue weighted by Crippen LogP contribution is -2.36. The summed E-state index contributed by atoms with van der Waals surface area (Å²) in [5, 5.41) is 7.21. The monoisotopic (exact) mass is 438 g/mol. The standard InChI is InChI=1S/C23H23ClN4O3/c24-19-4-6-20(7-5-19)31-21-3-1-2-16(10-21)11-27-12-17-14-28(15-18(17)13-27)23(29)25-22-8-9-30-26-22/h1-10,17-18H,11-15H2,(H,25,26,29)/t17-,18+. The van der Waals surface area contributed by atoms with E-state index in [1.54, 1.807) is 6.07 Å². The minimum atomic E-state index is -0.109. The van der Waals surface area contributed by atoms with Gasteiger partial charge in [0.05, 0.1) is 0 Å². The van der Waals surface area contributed by atoms with Gasteiger partial charge in [-0.15, -0.1) is 0 Å². The number of benzene rings is 2. The van der Waals surface area contributed by atoms with Crippen LogP contribution in [0.3, 0.4) is 0 Å². The number of nitrogens with zero attached hydrogens (tertiary/aromatic N) is 3. The van der Waals surface area contributed by atoms with Gasteiger partial charge in [0.1, 0.15) is 17.8 Å². The summed E-state index contributed by atoms with van der Waals surface area (Å²) < 4.78 is 10.7. The summed E-state index contributed by atoms with van der Waals surface area (Å²) >= 11 is 5.94. The van der Waals surface area contributed by atoms with Crippen molar-refractivity contribution >= 4 is 23.4 Å². The van der Waals surface area contributed by atoms with Crippen LogP contribution in [0.25, 0.3) is 0 Å². The number of anilines is 1. The van der Waals surface area contributed by atoms with E-state index in [-0.39, 0.29) is 6.03 Å². The van der Waals surface area contributed by atoms with E-state index in [1.807, 2.05) is 41.3 Å². The summed E-state index contributed by atoms with van der Waals surface area (Å²) in [6.45, 7) is 4.38. The molecule has 0 aliphatic carbocycles. The molecule has 1 N–H and O–H groups in total. The molecule has 3 aromatic rings. The smallest absolute Gasteiger partial charge is 0.323 e. The van der Waals surface area contributed by atoms with E-state index >= 15 is 0 Å². The number of carbonyl (C=O) groups is 1. The maximum Gasteiger partial charge on any atom is 0.323 e. The first-order valence-electron chi connectivity index (χ1n) is 10.3. The molecule has 2 amide bonds. The summed E-state index contributed by atoms with van der Waals surface area (Å²) in [6.07, 6.45) is 1.45. The minimum absolute atomic E-state index is 0.109. The Morgan fingerprint density at radius 3 is 2.55 bits per heavy atom. The number of hydrogen-bond donors (Lipinski definition) is 1. The van der Waals surface area contributed by atoms with Gasteiger partial charge < -0.3 is 14.2 Å². The Morgan fingerprint density at radius 1 is 1.06 bits per heavy atom. The van der Waals surface area contributed by atoms with Gasteiger partial charge in [0, 0.05) is 43.8 Å². The molecule has 2 aliphatic heterocycles. The number of hydrogen-bond acceptors (Lipinski definition) is 5. The van der Waals surface area contributed by atoms with E-state index < -0.39 is 0 Å². The summed E-state index contributed by atoms with van der Waals surface area (Å²) in [4.78, 5) is 16.8. The Kier molecular flexibility index (Phi) is 5.53. The third kappa shape index (κ3) is 4.68. The molecule has 2 aromatic carbocycles. The lowest BCUT2D eigenvalue weighted by atomic mass is 10.0. The fraction of sp³-hybridized carbons (Fsp3) is 0.304. The van der Waals surface area contributed by atoms with Crippen molar-refractivity contribution in [1.82, 2.24) is 15.0 Å². The molecule has 3 heterocycles. The van der Waals surface area contributed by atoms with Gasteiger partial charge in [-0.3, -0.25) is 10.2 Å². The van der Waals surface area contributed by atoms with Crippen molar-refractivity contribution in [2.75, 3.05) is 31.5 Å². The molecule has 2 saturated heterocycles. The zero-order valence-corrected chi connectivity index (χ0v) is 17.7. The number of nitrogens with one attached hydrogen (secondary N) is 1. The van der Waals surface area contributed by atoms with Crippen LogP contribution in [-0.2, 0) is 6.54 Å². The molecule has 0 bridgehead atoms. The van der Waals surface area contributed by atoms with E-state index in [4.69, 9.17) is 20.9 Å². The summed E-state index contributed by atoms with van der Waals surface area (Å²) in [5.74, 6) is 3.02. The maximum atomic E-state index is 12.4. The molecule has 2 aliphatic rings. The van der Waals surface area contributed by atoms with Crippen LogP contribution in [0.2, 0.25) is 5.02 Å². The number of rotatable bonds is 5. The van der Waals surface area contributed by atoms with Gasteiger partial charge in [-0.1, -0.05) is 28.9 Å². The van der Waals surface area contributed by atoms with Crippen LogP contribution in [0.15, 0.2) is 65.4 Å². The number of fused-ring (bicyclic) bond motifs is 1. The van der Waals surface area contributed by atoms with Crippen molar-refractivity contribution in [3.63, 3.8) is 0 Å². The molecule has 2 fully saturated rings. The van der Waals surface area contributed by atoms with Crippen molar-refractivity contribution < 1.29 is 14.1 Å². The zero-order valence-electron chi connectivity index (χ0n) is 16.9. The average molecular weight is 439 g/mol. The number of carbonyl (C=O) groups excluding carboxylic acids is 1. The van der Waals surface area contributed by atoms with Crippen LogP contribution in [-0.4, -0.2) is 47.2 Å². The number of likely N-dealkylation sites (tertiary alicyclic amines) is 2. The van der Waals surface area contributed by atoms with Gasteiger partial charge in [0.25, 0.3) is 0 Å². The largest absolute Gasteiger partial charge is 0.457 e. The van der Waals surface area contributed by atoms with Crippen LogP contribution >= 0.6 is 11.6 Å². The van der Waals surface area contributed by atoms with Crippen LogP contribution in [0.4, 0.5) is 10.6 Å². The van der Waals surface area contributed by atoms with E-state index in [0.717, 1.165) is 44.2 Å². The number of aromatic nitrogens is 1. The molecule has 0 radical (unpaired) electrons. The zero-order chi connectivity index (χ0) is 21.2. The minimum Gasteiger partial charge on any atom is -0.457 e. The fourth-order valence-corrected chi connectivity index (χ4v) is 4.58. The van der Waals surface area contributed by atoms with Crippen LogP contribution < -0.4 is 10.1 Å². The van der Waals surface area contributed by atoms with Gasteiger partial charge in [-0.05, 0) is 53.8 Å². The number of amides is 2. The molecule has 8 heteroatoms. The highest BCUT2D eigenvalue weighted by molar-refractivity contribution is 6.30. The Labute approximate surface area is 185 Å². The molecule has 0 unspecified atom stereocenters. The summed E-state index contributed by atoms with van der Waals surface area (Å²) in [7, 11) is 0. The van der Waals surface area contributed by atoms with Crippen molar-refractivity contribution in [2.24, 2.45) is 11.8 Å². The summed E-state index contributed by atoms with van der Waals surface area (Å²) in [6, 6.07) is 17.1. The van der Waals surface area contributed by atoms with Crippen molar-refractivity contribution in [1.29, 1.82) is 0 Å². The molecule has 7 nitrogen and oxygen atoms in total. The molecule has 160 valence electrons. The first kappa shape index (κ1) is 19.9. The molecule has 1 aromatic heterocycles. The second kappa shape index (κ2) is 8.61. The highest BCUT2D eigenvalue weighted by atomic mass is 35.5. The van der Waals surface area contributed by atoms with Crippen molar-refractivity contribution in [2.45, 2.75) is 6.54 Å². The van der Waals surface area contributed by atoms with Gasteiger partial charge in [0.15, 0.2) is 5.82 Å². The second-order valence-corrected chi connectivity index (χ2v) is 8.57. The lowest BCUT2D eigenvalue weighted by molar-refractivity contribution is 0.211. The van der Waals surface area contributed by atoms with Crippen molar-refractivity contribution in [3.05, 3.63) is 71.4 Å². The number of ether oxygens (including phenoxy) is 1. The Balaban J connectivity index is 1.14. The predicted octanol–water partition coefficient (Wildman–Crippen LogP) is 4.72. The SMILES string of the molecule is O=C(Nc1ccon1)N1C[C@H]2CN(Cc3cccc(Oc4ccc(Cl)cc4)c3)C[C@H]2C1. The Morgan fingerprint density at radius 2 is 1.84 bits per heavy atom. The lowest BCUT2D eigenvalue weighted by Gasteiger charge is -2.21. The quantitative estimate of drug-likeness (QED) is 0.624. The van der Waals surface area contributed by atoms with E-state index in [1.165, 1.54) is 11.8 Å². The molecule has 0 saturated carbocycles. The summed E-state index contributed by atoms with van der Waals surface area (Å²) in [5.41, 5.74) is 1.21. The third-order valence-corrected chi connectivity index (χ3v) is 6.13. The normalized spacial score (nSPS) is 20.6. The Bertz CT molecular complexity index is 1030. The topological polar surface area (TPSA) is 70.8 Å². The van der Waals surface area contributed by atoms with E-state index in [0.29, 0.717) is 22.7 Å². The van der Waals surface area contributed by atoms with E-state index in [2.05, 4.69) is 27.5 Å². The highest BCUT2D eigenvalue weighted by Crippen LogP contribution is 2.33. The molecule has 2 atom stereocenters. The van der Waals surface area contributed by atoms with Gasteiger partial charge in [-0.2, -0.15) is 0 Å². The number of urea groups is 1. The highest BCUT2D eigenvalue weighted by Gasteiger charge is 2.41. The number of halogens is 1. The molecule has 5 rings (SSSR count). The second-order valence-electron chi connectivity index (χ2n) is 8.14. The molecular weight excluding hydrogens is 416 g/mol. The molecule has 31 heavy (non-hydrogen) atoms. The molecular formula is C23H23ClN4O3. The first-order chi connectivity index (χ1) is 15.1. The van der Waals surface area contributed by atoms with Gasteiger partial charge in [-0.25, -0.2) is 4.79 Å². The van der Waals surface area contributed by atoms with Gasteiger partial charge >= 0.3 is 6.03 Å². The Hall–Kier alpha value is -3.03. The van der Waals surface area contributed by atoms with Gasteiger partial charge in [0.2, 0.25) is 0 Å². The van der Waals surface area contributed by atoms with E-state index in [9.17, 15) is 4.79 Å². The van der Waals surface area contributed by atoms with Crippen LogP contribution in [0.5, 0.6) is 11.5 Å². The predicted molar refractivity (Wildman–Crippen MR) is 117 cm³/mol. The fourth-order valence-electron chi connectivity index (χ4n) is 4.46. The third-order valence-electron chi connectivity index (χ3n) is 5.88. The maximum absolute atomic E-state index is 12.4. The average Bonchev–Trinajstić information content (AvgIpc) is 3.47. The van der Waals surface area contributed by atoms with Crippen molar-refractivity contribution in [3.8, 4) is 11.5 Å². The first-order valence-corrected chi connectivity index (χ1v) is 10.7. The molecule has 0 spiro atoms. The van der Waals surface area contributed by atoms with Crippen LogP contribution in [0, 0.1) is 11.8 Å². The van der Waals surface area contributed by atoms with Crippen LogP contribution in [0.1, 0.15) is 5.56 Å².